The maximum atomic E-state index is 14.0. The van der Waals surface area contributed by atoms with Gasteiger partial charge in [0.15, 0.2) is 0 Å². The molecule has 1 N–H and O–H groups in total. The number of carbonyl (C=O) groups is 1. The number of anilines is 1. The monoisotopic (exact) mass is 465 g/mol. The Morgan fingerprint density at radius 1 is 1.03 bits per heavy atom. The first-order chi connectivity index (χ1) is 16.3. The first-order valence-electron chi connectivity index (χ1n) is 13.1. The fraction of sp³-hybridized carbons (Fsp3) is 0.516. The molecular formula is C31H44FNO. The highest BCUT2D eigenvalue weighted by atomic mass is 19.1. The van der Waals surface area contributed by atoms with Crippen molar-refractivity contribution in [2.24, 2.45) is 0 Å². The van der Waals surface area contributed by atoms with Crippen LogP contribution >= 0.6 is 0 Å². The predicted molar refractivity (Wildman–Crippen MR) is 145 cm³/mol. The Bertz CT molecular complexity index is 1010. The number of carbonyl (C=O) groups excluding carboxylic acids is 1. The van der Waals surface area contributed by atoms with E-state index < -0.39 is 0 Å². The minimum absolute atomic E-state index is 0.178. The second-order valence-electron chi connectivity index (χ2n) is 9.67. The van der Waals surface area contributed by atoms with Crippen LogP contribution in [0.5, 0.6) is 0 Å². The first kappa shape index (κ1) is 27.8. The SMILES string of the molecule is CCC/C(C)=C(/C)C1=C(C)/C(=C2\C(=O)Nc3c(F)cccc32)CCC1.CCCC=C(C)CCC. The quantitative estimate of drug-likeness (QED) is 0.315. The highest BCUT2D eigenvalue weighted by molar-refractivity contribution is 6.32. The number of para-hydroxylation sites is 1. The first-order valence-corrected chi connectivity index (χ1v) is 13.1. The summed E-state index contributed by atoms with van der Waals surface area (Å²) in [7, 11) is 0. The third-order valence-electron chi connectivity index (χ3n) is 6.95. The van der Waals surface area contributed by atoms with E-state index in [9.17, 15) is 9.18 Å². The molecule has 1 aliphatic heterocycles. The highest BCUT2D eigenvalue weighted by Gasteiger charge is 2.31. The van der Waals surface area contributed by atoms with E-state index in [-0.39, 0.29) is 11.7 Å². The number of halogens is 1. The number of unbranched alkanes of at least 4 members (excludes halogenated alkanes) is 1. The van der Waals surface area contributed by atoms with Gasteiger partial charge in [-0.1, -0.05) is 69.4 Å². The fourth-order valence-electron chi connectivity index (χ4n) is 4.95. The average molecular weight is 466 g/mol. The van der Waals surface area contributed by atoms with E-state index >= 15 is 0 Å². The van der Waals surface area contributed by atoms with Gasteiger partial charge in [0.05, 0.1) is 11.3 Å². The molecule has 3 rings (SSSR count). The summed E-state index contributed by atoms with van der Waals surface area (Å²) in [6.07, 6.45) is 12.6. The van der Waals surface area contributed by atoms with Gasteiger partial charge in [0.2, 0.25) is 0 Å². The molecule has 1 amide bonds. The summed E-state index contributed by atoms with van der Waals surface area (Å²) in [6.45, 7) is 15.4. The normalized spacial score (nSPS) is 18.8. The maximum Gasteiger partial charge on any atom is 0.256 e. The van der Waals surface area contributed by atoms with E-state index in [1.165, 1.54) is 54.0 Å². The molecular weight excluding hydrogens is 421 g/mol. The van der Waals surface area contributed by atoms with E-state index in [0.717, 1.165) is 37.7 Å². The maximum absolute atomic E-state index is 14.0. The van der Waals surface area contributed by atoms with E-state index in [1.807, 2.05) is 6.07 Å². The largest absolute Gasteiger partial charge is 0.319 e. The van der Waals surface area contributed by atoms with Crippen molar-refractivity contribution in [2.75, 3.05) is 5.32 Å². The number of nitrogens with one attached hydrogen (secondary N) is 1. The van der Waals surface area contributed by atoms with Gasteiger partial charge in [0.25, 0.3) is 5.91 Å². The van der Waals surface area contributed by atoms with Crippen molar-refractivity contribution in [3.05, 3.63) is 69.1 Å². The molecule has 1 aromatic carbocycles. The van der Waals surface area contributed by atoms with Crippen molar-refractivity contribution in [1.29, 1.82) is 0 Å². The Balaban J connectivity index is 0.000000387. The van der Waals surface area contributed by atoms with Crippen LogP contribution < -0.4 is 5.32 Å². The Labute approximate surface area is 207 Å². The molecule has 0 saturated heterocycles. The number of benzene rings is 1. The zero-order chi connectivity index (χ0) is 25.3. The van der Waals surface area contributed by atoms with Gasteiger partial charge in [0, 0.05) is 5.56 Å². The van der Waals surface area contributed by atoms with E-state index in [2.05, 4.69) is 59.9 Å². The predicted octanol–water partition coefficient (Wildman–Crippen LogP) is 9.70. The smallest absolute Gasteiger partial charge is 0.256 e. The van der Waals surface area contributed by atoms with Crippen molar-refractivity contribution < 1.29 is 9.18 Å². The van der Waals surface area contributed by atoms with Gasteiger partial charge in [-0.05, 0) is 94.6 Å². The van der Waals surface area contributed by atoms with Crippen molar-refractivity contribution >= 4 is 17.2 Å². The summed E-state index contributed by atoms with van der Waals surface area (Å²) in [5.41, 5.74) is 9.65. The number of allylic oxidation sites excluding steroid dienone is 7. The molecule has 0 unspecified atom stereocenters. The van der Waals surface area contributed by atoms with E-state index in [1.54, 1.807) is 11.6 Å². The van der Waals surface area contributed by atoms with Crippen LogP contribution in [-0.2, 0) is 4.79 Å². The van der Waals surface area contributed by atoms with Gasteiger partial charge < -0.3 is 5.32 Å². The number of hydrogen-bond donors (Lipinski definition) is 1. The van der Waals surface area contributed by atoms with Crippen molar-refractivity contribution in [2.45, 2.75) is 106 Å². The fourth-order valence-corrected chi connectivity index (χ4v) is 4.95. The Morgan fingerprint density at radius 3 is 2.38 bits per heavy atom. The highest BCUT2D eigenvalue weighted by Crippen LogP contribution is 2.43. The molecule has 1 aliphatic carbocycles. The zero-order valence-electron chi connectivity index (χ0n) is 22.5. The topological polar surface area (TPSA) is 29.1 Å². The summed E-state index contributed by atoms with van der Waals surface area (Å²) in [6, 6.07) is 4.91. The molecule has 0 atom stereocenters. The summed E-state index contributed by atoms with van der Waals surface area (Å²) in [5, 5.41) is 2.71. The van der Waals surface area contributed by atoms with Gasteiger partial charge in [-0.25, -0.2) is 4.39 Å². The molecule has 0 aromatic heterocycles. The molecule has 0 saturated carbocycles. The van der Waals surface area contributed by atoms with E-state index in [4.69, 9.17) is 0 Å². The third kappa shape index (κ3) is 6.81. The summed E-state index contributed by atoms with van der Waals surface area (Å²) >= 11 is 0. The third-order valence-corrected chi connectivity index (χ3v) is 6.95. The van der Waals surface area contributed by atoms with Gasteiger partial charge in [-0.3, -0.25) is 4.79 Å². The van der Waals surface area contributed by atoms with Gasteiger partial charge in [-0.2, -0.15) is 0 Å². The molecule has 34 heavy (non-hydrogen) atoms. The molecule has 0 fully saturated rings. The molecule has 3 heteroatoms. The lowest BCUT2D eigenvalue weighted by Gasteiger charge is -2.24. The van der Waals surface area contributed by atoms with Gasteiger partial charge >= 0.3 is 0 Å². The van der Waals surface area contributed by atoms with Crippen LogP contribution in [0.1, 0.15) is 112 Å². The van der Waals surface area contributed by atoms with Crippen molar-refractivity contribution in [1.82, 2.24) is 0 Å². The van der Waals surface area contributed by atoms with E-state index in [0.29, 0.717) is 16.8 Å². The lowest BCUT2D eigenvalue weighted by molar-refractivity contribution is -0.110. The van der Waals surface area contributed by atoms with Crippen LogP contribution in [0.2, 0.25) is 0 Å². The second-order valence-corrected chi connectivity index (χ2v) is 9.67. The van der Waals surface area contributed by atoms with Crippen LogP contribution in [-0.4, -0.2) is 5.91 Å². The molecule has 2 nitrogen and oxygen atoms in total. The number of rotatable bonds is 7. The van der Waals surface area contributed by atoms with Crippen LogP contribution in [0.3, 0.4) is 0 Å². The molecule has 0 bridgehead atoms. The number of amides is 1. The van der Waals surface area contributed by atoms with Crippen LogP contribution in [0, 0.1) is 5.82 Å². The lowest BCUT2D eigenvalue weighted by Crippen LogP contribution is -2.11. The summed E-state index contributed by atoms with van der Waals surface area (Å²) < 4.78 is 14.0. The van der Waals surface area contributed by atoms with Gasteiger partial charge in [-0.15, -0.1) is 0 Å². The van der Waals surface area contributed by atoms with Gasteiger partial charge in [0.1, 0.15) is 5.82 Å². The molecule has 2 aliphatic rings. The van der Waals surface area contributed by atoms with Crippen LogP contribution in [0.15, 0.2) is 57.7 Å². The minimum Gasteiger partial charge on any atom is -0.319 e. The summed E-state index contributed by atoms with van der Waals surface area (Å²) in [4.78, 5) is 12.6. The molecule has 0 radical (unpaired) electrons. The Morgan fingerprint density at radius 2 is 1.74 bits per heavy atom. The zero-order valence-corrected chi connectivity index (χ0v) is 22.5. The molecule has 1 aromatic rings. The molecule has 0 spiro atoms. The Kier molecular flexibility index (Phi) is 11.0. The summed E-state index contributed by atoms with van der Waals surface area (Å²) in [5.74, 6) is -0.545. The number of fused-ring (bicyclic) bond motifs is 1. The van der Waals surface area contributed by atoms with Crippen LogP contribution in [0.4, 0.5) is 10.1 Å². The number of hydrogen-bond acceptors (Lipinski definition) is 1. The van der Waals surface area contributed by atoms with Crippen molar-refractivity contribution in [3.8, 4) is 0 Å². The molecule has 1 heterocycles. The Hall–Kier alpha value is -2.42. The lowest BCUT2D eigenvalue weighted by atomic mass is 9.80. The minimum atomic E-state index is -0.367. The standard InChI is InChI=1S/C22H26FNO.C9H18/c1-5-8-13(2)14(3)16-9-6-10-17(15(16)4)20-18-11-7-12-19(23)21(18)24-22(20)25;1-4-6-8-9(3)7-5-2/h7,11-12H,5-6,8-10H2,1-4H3,(H,24,25);8H,4-7H2,1-3H3/b14-13-,20-17-;. The van der Waals surface area contributed by atoms with Crippen LogP contribution in [0.25, 0.3) is 5.57 Å². The average Bonchev–Trinajstić information content (AvgIpc) is 3.15. The van der Waals surface area contributed by atoms with Crippen molar-refractivity contribution in [3.63, 3.8) is 0 Å². The molecule has 186 valence electrons. The second kappa shape index (κ2) is 13.5.